The molecule has 1 aliphatic rings. The molecule has 0 amide bonds. The Labute approximate surface area is 145 Å². The van der Waals surface area contributed by atoms with Gasteiger partial charge in [-0.2, -0.15) is 17.7 Å². The van der Waals surface area contributed by atoms with E-state index in [2.05, 4.69) is 20.1 Å². The lowest BCUT2D eigenvalue weighted by Gasteiger charge is -2.17. The number of aromatic nitrogens is 5. The number of hydrogen-bond donors (Lipinski definition) is 1. The molecule has 0 aliphatic carbocycles. The fourth-order valence-electron chi connectivity index (χ4n) is 3.24. The van der Waals surface area contributed by atoms with E-state index in [0.29, 0.717) is 41.6 Å². The van der Waals surface area contributed by atoms with Crippen LogP contribution in [-0.2, 0) is 0 Å². The molecule has 4 rings (SSSR count). The zero-order valence-electron chi connectivity index (χ0n) is 13.9. The molecule has 8 nitrogen and oxygen atoms in total. The smallest absolute Gasteiger partial charge is 0.401 e. The third kappa shape index (κ3) is 2.98. The summed E-state index contributed by atoms with van der Waals surface area (Å²) in [5.74, 6) is 0.721. The van der Waals surface area contributed by atoms with Crippen molar-refractivity contribution in [3.05, 3.63) is 23.8 Å². The van der Waals surface area contributed by atoms with Crippen molar-refractivity contribution in [1.82, 2.24) is 29.5 Å². The van der Waals surface area contributed by atoms with Gasteiger partial charge in [0.05, 0.1) is 12.7 Å². The monoisotopic (exact) mass is 367 g/mol. The maximum atomic E-state index is 12.6. The highest BCUT2D eigenvalue weighted by Crippen LogP contribution is 2.30. The third-order valence-corrected chi connectivity index (χ3v) is 4.43. The Balaban J connectivity index is 1.66. The Morgan fingerprint density at radius 3 is 2.85 bits per heavy atom. The standard InChI is InChI=1S/C15H16F3N7O/c1-8-10(13-20-3-5-26-13)21-14(19)25-12(8)22-11(23-25)9-2-4-24(6-9)7-15(16,17)18/h3,5,9H,2,4,6-7H2,1H3,(H2,19,21). The number of aryl methyl sites for hydroxylation is 1. The number of rotatable bonds is 3. The van der Waals surface area contributed by atoms with Crippen LogP contribution in [0, 0.1) is 6.92 Å². The molecule has 0 spiro atoms. The Kier molecular flexibility index (Phi) is 3.83. The number of halogens is 3. The number of anilines is 1. The van der Waals surface area contributed by atoms with E-state index in [9.17, 15) is 13.2 Å². The van der Waals surface area contributed by atoms with Crippen LogP contribution in [0.5, 0.6) is 0 Å². The molecule has 1 unspecified atom stereocenters. The first-order valence-corrected chi connectivity index (χ1v) is 8.03. The first-order valence-electron chi connectivity index (χ1n) is 8.03. The number of nitrogens with two attached hydrogens (primary N) is 1. The minimum Gasteiger partial charge on any atom is -0.443 e. The highest BCUT2D eigenvalue weighted by atomic mass is 19.4. The minimum atomic E-state index is -4.21. The fraction of sp³-hybridized carbons (Fsp3) is 0.467. The lowest BCUT2D eigenvalue weighted by atomic mass is 10.1. The summed E-state index contributed by atoms with van der Waals surface area (Å²) in [5.41, 5.74) is 7.62. The topological polar surface area (TPSA) is 98.4 Å². The molecular formula is C15H16F3N7O. The van der Waals surface area contributed by atoms with Gasteiger partial charge in [-0.1, -0.05) is 0 Å². The van der Waals surface area contributed by atoms with Gasteiger partial charge in [-0.05, 0) is 19.9 Å². The van der Waals surface area contributed by atoms with Crippen molar-refractivity contribution in [3.8, 4) is 11.6 Å². The predicted molar refractivity (Wildman–Crippen MR) is 85.3 cm³/mol. The second kappa shape index (κ2) is 5.94. The van der Waals surface area contributed by atoms with E-state index in [1.807, 2.05) is 0 Å². The zero-order valence-corrected chi connectivity index (χ0v) is 13.9. The van der Waals surface area contributed by atoms with Crippen molar-refractivity contribution >= 4 is 11.6 Å². The van der Waals surface area contributed by atoms with Gasteiger partial charge in [0, 0.05) is 18.0 Å². The Morgan fingerprint density at radius 2 is 2.15 bits per heavy atom. The molecule has 1 saturated heterocycles. The van der Waals surface area contributed by atoms with Crippen LogP contribution in [0.1, 0.15) is 23.7 Å². The molecule has 0 saturated carbocycles. The number of nitrogen functional groups attached to an aromatic ring is 1. The Bertz CT molecular complexity index is 935. The third-order valence-electron chi connectivity index (χ3n) is 4.43. The second-order valence-electron chi connectivity index (χ2n) is 6.32. The number of fused-ring (bicyclic) bond motifs is 1. The molecule has 1 atom stereocenters. The van der Waals surface area contributed by atoms with Gasteiger partial charge in [0.15, 0.2) is 11.5 Å². The molecule has 0 aromatic carbocycles. The maximum absolute atomic E-state index is 12.6. The maximum Gasteiger partial charge on any atom is 0.401 e. The molecule has 4 heterocycles. The lowest BCUT2D eigenvalue weighted by Crippen LogP contribution is -2.32. The highest BCUT2D eigenvalue weighted by molar-refractivity contribution is 5.65. The molecule has 11 heteroatoms. The minimum absolute atomic E-state index is 0.114. The highest BCUT2D eigenvalue weighted by Gasteiger charge is 2.36. The summed E-state index contributed by atoms with van der Waals surface area (Å²) < 4.78 is 44.4. The van der Waals surface area contributed by atoms with E-state index in [0.717, 1.165) is 0 Å². The van der Waals surface area contributed by atoms with Crippen LogP contribution in [0.25, 0.3) is 17.2 Å². The molecule has 3 aromatic rings. The van der Waals surface area contributed by atoms with Gasteiger partial charge in [0.1, 0.15) is 12.0 Å². The Morgan fingerprint density at radius 1 is 1.35 bits per heavy atom. The second-order valence-corrected chi connectivity index (χ2v) is 6.32. The van der Waals surface area contributed by atoms with Crippen LogP contribution in [0.3, 0.4) is 0 Å². The molecule has 26 heavy (non-hydrogen) atoms. The lowest BCUT2D eigenvalue weighted by molar-refractivity contribution is -0.143. The number of likely N-dealkylation sites (tertiary alicyclic amines) is 1. The quantitative estimate of drug-likeness (QED) is 0.756. The van der Waals surface area contributed by atoms with Crippen molar-refractivity contribution in [2.75, 3.05) is 25.4 Å². The fourth-order valence-corrected chi connectivity index (χ4v) is 3.24. The normalized spacial score (nSPS) is 18.8. The van der Waals surface area contributed by atoms with Crippen molar-refractivity contribution in [3.63, 3.8) is 0 Å². The summed E-state index contributed by atoms with van der Waals surface area (Å²) in [6, 6.07) is 0. The van der Waals surface area contributed by atoms with Gasteiger partial charge >= 0.3 is 6.18 Å². The van der Waals surface area contributed by atoms with E-state index in [-0.39, 0.29) is 18.4 Å². The van der Waals surface area contributed by atoms with Gasteiger partial charge in [-0.3, -0.25) is 4.90 Å². The van der Waals surface area contributed by atoms with Gasteiger partial charge in [-0.25, -0.2) is 15.0 Å². The number of nitrogens with zero attached hydrogens (tertiary/aromatic N) is 6. The molecule has 0 bridgehead atoms. The first kappa shape index (κ1) is 16.8. The van der Waals surface area contributed by atoms with Crippen LogP contribution in [0.2, 0.25) is 0 Å². The van der Waals surface area contributed by atoms with Gasteiger partial charge < -0.3 is 10.2 Å². The number of alkyl halides is 3. The van der Waals surface area contributed by atoms with Crippen LogP contribution in [0.4, 0.5) is 19.1 Å². The molecule has 3 aromatic heterocycles. The summed E-state index contributed by atoms with van der Waals surface area (Å²) in [6.07, 6.45) is -0.719. The van der Waals surface area contributed by atoms with E-state index >= 15 is 0 Å². The average molecular weight is 367 g/mol. The SMILES string of the molecule is Cc1c(-c2ncco2)nc(N)n2nc(C3CCN(CC(F)(F)F)C3)nc12. The van der Waals surface area contributed by atoms with Crippen molar-refractivity contribution in [2.24, 2.45) is 0 Å². The Hall–Kier alpha value is -2.69. The first-order chi connectivity index (χ1) is 12.3. The number of hydrogen-bond acceptors (Lipinski definition) is 7. The average Bonchev–Trinajstić information content (AvgIpc) is 3.28. The molecule has 2 N–H and O–H groups in total. The van der Waals surface area contributed by atoms with Crippen LogP contribution < -0.4 is 5.73 Å². The summed E-state index contributed by atoms with van der Waals surface area (Å²) in [6.45, 7) is 1.49. The predicted octanol–water partition coefficient (Wildman–Crippen LogP) is 2.02. The molecular weight excluding hydrogens is 351 g/mol. The van der Waals surface area contributed by atoms with Crippen molar-refractivity contribution in [1.29, 1.82) is 0 Å². The van der Waals surface area contributed by atoms with Crippen LogP contribution in [0.15, 0.2) is 16.9 Å². The summed E-state index contributed by atoms with van der Waals surface area (Å²) in [5, 5.41) is 4.37. The summed E-state index contributed by atoms with van der Waals surface area (Å²) in [4.78, 5) is 14.2. The van der Waals surface area contributed by atoms with Gasteiger partial charge in [0.25, 0.3) is 0 Å². The van der Waals surface area contributed by atoms with Gasteiger partial charge in [-0.15, -0.1) is 5.10 Å². The molecule has 1 aliphatic heterocycles. The van der Waals surface area contributed by atoms with Crippen LogP contribution >= 0.6 is 0 Å². The van der Waals surface area contributed by atoms with E-state index in [1.165, 1.54) is 21.9 Å². The van der Waals surface area contributed by atoms with Crippen LogP contribution in [-0.4, -0.2) is 55.3 Å². The molecule has 0 radical (unpaired) electrons. The summed E-state index contributed by atoms with van der Waals surface area (Å²) >= 11 is 0. The van der Waals surface area contributed by atoms with Crippen molar-refractivity contribution in [2.45, 2.75) is 25.4 Å². The van der Waals surface area contributed by atoms with E-state index in [1.54, 1.807) is 6.92 Å². The van der Waals surface area contributed by atoms with Crippen molar-refractivity contribution < 1.29 is 17.6 Å². The van der Waals surface area contributed by atoms with Gasteiger partial charge in [0.2, 0.25) is 11.8 Å². The summed E-state index contributed by atoms with van der Waals surface area (Å²) in [7, 11) is 0. The molecule has 1 fully saturated rings. The van der Waals surface area contributed by atoms with E-state index < -0.39 is 12.7 Å². The largest absolute Gasteiger partial charge is 0.443 e. The zero-order chi connectivity index (χ0) is 18.5. The molecule has 138 valence electrons. The van der Waals surface area contributed by atoms with E-state index in [4.69, 9.17) is 10.2 Å². The number of oxazole rings is 1.